The molecule has 7 heteroatoms. The number of nitrogens with zero attached hydrogens (tertiary/aromatic N) is 1. The summed E-state index contributed by atoms with van der Waals surface area (Å²) in [5.41, 5.74) is 6.31. The summed E-state index contributed by atoms with van der Waals surface area (Å²) in [5.74, 6) is -1.43. The van der Waals surface area contributed by atoms with Crippen molar-refractivity contribution in [2.75, 3.05) is 6.61 Å². The lowest BCUT2D eigenvalue weighted by atomic mass is 9.83. The summed E-state index contributed by atoms with van der Waals surface area (Å²) in [6.45, 7) is 3.39. The van der Waals surface area contributed by atoms with Crippen LogP contribution in [-0.4, -0.2) is 17.7 Å². The van der Waals surface area contributed by atoms with Crippen molar-refractivity contribution < 1.29 is 19.4 Å². The number of ether oxygens (including phenoxy) is 2. The number of hydrogen-bond acceptors (Lipinski definition) is 6. The topological polar surface area (TPSA) is 106 Å². The van der Waals surface area contributed by atoms with Gasteiger partial charge in [-0.05, 0) is 37.6 Å². The SMILES string of the molecule is CCOC(=O)C1=C(C)OC(N)=C(C#N)C1c1cc(O)ccc1Cl. The minimum absolute atomic E-state index is 0.0335. The van der Waals surface area contributed by atoms with Gasteiger partial charge < -0.3 is 20.3 Å². The molecule has 1 heterocycles. The molecule has 6 nitrogen and oxygen atoms in total. The second-order valence-electron chi connectivity index (χ2n) is 4.82. The van der Waals surface area contributed by atoms with Gasteiger partial charge in [-0.3, -0.25) is 0 Å². The lowest BCUT2D eigenvalue weighted by molar-refractivity contribution is -0.139. The van der Waals surface area contributed by atoms with E-state index in [4.69, 9.17) is 26.8 Å². The van der Waals surface area contributed by atoms with E-state index in [0.29, 0.717) is 5.56 Å². The number of phenolic OH excluding ortho intramolecular Hbond substituents is 1. The van der Waals surface area contributed by atoms with Gasteiger partial charge in [0.25, 0.3) is 0 Å². The number of halogens is 1. The van der Waals surface area contributed by atoms with Crippen molar-refractivity contribution in [3.8, 4) is 11.8 Å². The molecule has 0 fully saturated rings. The van der Waals surface area contributed by atoms with Crippen molar-refractivity contribution in [3.05, 3.63) is 51.6 Å². The average Bonchev–Trinajstić information content (AvgIpc) is 2.49. The first kappa shape index (κ1) is 16.7. The number of phenols is 1. The summed E-state index contributed by atoms with van der Waals surface area (Å²) < 4.78 is 10.3. The molecule has 0 bridgehead atoms. The fourth-order valence-electron chi connectivity index (χ4n) is 2.42. The Hall–Kier alpha value is -2.65. The van der Waals surface area contributed by atoms with Crippen molar-refractivity contribution in [2.45, 2.75) is 19.8 Å². The van der Waals surface area contributed by atoms with Crippen LogP contribution in [0.25, 0.3) is 0 Å². The van der Waals surface area contributed by atoms with Crippen LogP contribution in [0.1, 0.15) is 25.3 Å². The van der Waals surface area contributed by atoms with Crippen molar-refractivity contribution in [1.82, 2.24) is 0 Å². The smallest absolute Gasteiger partial charge is 0.338 e. The summed E-state index contributed by atoms with van der Waals surface area (Å²) in [6, 6.07) is 6.21. The van der Waals surface area contributed by atoms with Crippen LogP contribution in [0.5, 0.6) is 5.75 Å². The van der Waals surface area contributed by atoms with Gasteiger partial charge in [-0.15, -0.1) is 0 Å². The van der Waals surface area contributed by atoms with Gasteiger partial charge in [0.2, 0.25) is 5.88 Å². The van der Waals surface area contributed by atoms with Crippen LogP contribution in [-0.2, 0) is 14.3 Å². The number of carbonyl (C=O) groups is 1. The minimum Gasteiger partial charge on any atom is -0.508 e. The standard InChI is InChI=1S/C16H15ClN2O4/c1-3-22-16(21)13-8(2)23-15(19)11(7-18)14(13)10-6-9(20)4-5-12(10)17/h4-6,14,20H,3,19H2,1-2H3. The molecule has 1 aliphatic heterocycles. The summed E-state index contributed by atoms with van der Waals surface area (Å²) in [7, 11) is 0. The van der Waals surface area contributed by atoms with Gasteiger partial charge in [0.15, 0.2) is 0 Å². The van der Waals surface area contributed by atoms with Crippen LogP contribution >= 0.6 is 11.6 Å². The third-order valence-electron chi connectivity index (χ3n) is 3.39. The molecule has 0 radical (unpaired) electrons. The van der Waals surface area contributed by atoms with Crippen molar-refractivity contribution >= 4 is 17.6 Å². The zero-order valence-corrected chi connectivity index (χ0v) is 13.3. The number of allylic oxidation sites excluding steroid dienone is 2. The minimum atomic E-state index is -0.868. The molecule has 1 atom stereocenters. The van der Waals surface area contributed by atoms with E-state index in [2.05, 4.69) is 0 Å². The highest BCUT2D eigenvalue weighted by Gasteiger charge is 2.37. The predicted octanol–water partition coefficient (Wildman–Crippen LogP) is 2.69. The predicted molar refractivity (Wildman–Crippen MR) is 83.1 cm³/mol. The first-order chi connectivity index (χ1) is 10.9. The Labute approximate surface area is 138 Å². The van der Waals surface area contributed by atoms with Gasteiger partial charge in [0, 0.05) is 5.02 Å². The van der Waals surface area contributed by atoms with Crippen LogP contribution in [0, 0.1) is 11.3 Å². The molecule has 0 aromatic heterocycles. The molecule has 1 unspecified atom stereocenters. The maximum atomic E-state index is 12.3. The molecule has 2 rings (SSSR count). The van der Waals surface area contributed by atoms with Gasteiger partial charge >= 0.3 is 5.97 Å². The Morgan fingerprint density at radius 1 is 1.57 bits per heavy atom. The summed E-state index contributed by atoms with van der Waals surface area (Å²) in [4.78, 5) is 12.3. The third-order valence-corrected chi connectivity index (χ3v) is 3.74. The van der Waals surface area contributed by atoms with Crippen LogP contribution in [0.2, 0.25) is 5.02 Å². The third kappa shape index (κ3) is 3.10. The van der Waals surface area contributed by atoms with Crippen LogP contribution < -0.4 is 5.73 Å². The molecule has 0 aliphatic carbocycles. The molecule has 0 spiro atoms. The van der Waals surface area contributed by atoms with Gasteiger partial charge in [0.1, 0.15) is 23.2 Å². The molecule has 0 amide bonds. The molecular formula is C16H15ClN2O4. The normalized spacial score (nSPS) is 17.6. The first-order valence-electron chi connectivity index (χ1n) is 6.84. The Morgan fingerprint density at radius 3 is 2.87 bits per heavy atom. The van der Waals surface area contributed by atoms with E-state index in [1.165, 1.54) is 18.2 Å². The van der Waals surface area contributed by atoms with Crippen LogP contribution in [0.15, 0.2) is 41.0 Å². The first-order valence-corrected chi connectivity index (χ1v) is 7.22. The number of carbonyl (C=O) groups excluding carboxylic acids is 1. The molecule has 1 aliphatic rings. The maximum absolute atomic E-state index is 12.3. The summed E-state index contributed by atoms with van der Waals surface area (Å²) >= 11 is 6.19. The Balaban J connectivity index is 2.69. The molecule has 0 saturated carbocycles. The van der Waals surface area contributed by atoms with E-state index in [1.54, 1.807) is 13.8 Å². The Morgan fingerprint density at radius 2 is 2.26 bits per heavy atom. The van der Waals surface area contributed by atoms with Gasteiger partial charge in [0.05, 0.1) is 18.1 Å². The fourth-order valence-corrected chi connectivity index (χ4v) is 2.64. The lowest BCUT2D eigenvalue weighted by Crippen LogP contribution is -2.25. The Bertz CT molecular complexity index is 762. The fraction of sp³-hybridized carbons (Fsp3) is 0.250. The molecule has 1 aromatic rings. The van der Waals surface area contributed by atoms with Crippen LogP contribution in [0.3, 0.4) is 0 Å². The van der Waals surface area contributed by atoms with E-state index in [0.717, 1.165) is 0 Å². The van der Waals surface area contributed by atoms with Gasteiger partial charge in [-0.1, -0.05) is 11.6 Å². The number of esters is 1. The van der Waals surface area contributed by atoms with E-state index >= 15 is 0 Å². The molecule has 0 saturated heterocycles. The molecule has 120 valence electrons. The maximum Gasteiger partial charge on any atom is 0.338 e. The monoisotopic (exact) mass is 334 g/mol. The second kappa shape index (κ2) is 6.63. The Kier molecular flexibility index (Phi) is 4.82. The summed E-state index contributed by atoms with van der Waals surface area (Å²) in [6.07, 6.45) is 0. The lowest BCUT2D eigenvalue weighted by Gasteiger charge is -2.27. The number of rotatable bonds is 3. The number of nitriles is 1. The van der Waals surface area contributed by atoms with Gasteiger partial charge in [-0.2, -0.15) is 5.26 Å². The van der Waals surface area contributed by atoms with E-state index in [9.17, 15) is 15.2 Å². The van der Waals surface area contributed by atoms with E-state index in [-0.39, 0.29) is 40.2 Å². The van der Waals surface area contributed by atoms with Crippen LogP contribution in [0.4, 0.5) is 0 Å². The number of nitrogens with two attached hydrogens (primary N) is 1. The molecule has 23 heavy (non-hydrogen) atoms. The quantitative estimate of drug-likeness (QED) is 0.823. The highest BCUT2D eigenvalue weighted by Crippen LogP contribution is 2.42. The van der Waals surface area contributed by atoms with E-state index < -0.39 is 11.9 Å². The van der Waals surface area contributed by atoms with Crippen molar-refractivity contribution in [2.24, 2.45) is 5.73 Å². The molecule has 1 aromatic carbocycles. The number of hydrogen-bond donors (Lipinski definition) is 2. The molecule has 3 N–H and O–H groups in total. The molecular weight excluding hydrogens is 320 g/mol. The van der Waals surface area contributed by atoms with Gasteiger partial charge in [-0.25, -0.2) is 4.79 Å². The zero-order chi connectivity index (χ0) is 17.1. The largest absolute Gasteiger partial charge is 0.508 e. The summed E-state index contributed by atoms with van der Waals surface area (Å²) in [5, 5.41) is 19.4. The van der Waals surface area contributed by atoms with Crippen molar-refractivity contribution in [1.29, 1.82) is 5.26 Å². The number of benzene rings is 1. The number of aromatic hydroxyl groups is 1. The highest BCUT2D eigenvalue weighted by molar-refractivity contribution is 6.31. The van der Waals surface area contributed by atoms with E-state index in [1.807, 2.05) is 6.07 Å². The zero-order valence-electron chi connectivity index (χ0n) is 12.6. The van der Waals surface area contributed by atoms with Crippen molar-refractivity contribution in [3.63, 3.8) is 0 Å². The second-order valence-corrected chi connectivity index (χ2v) is 5.23. The average molecular weight is 335 g/mol. The highest BCUT2D eigenvalue weighted by atomic mass is 35.5.